The molecule has 0 saturated carbocycles. The number of carbonyl (C=O) groups is 3. The first kappa shape index (κ1) is 16.4. The van der Waals surface area contributed by atoms with Crippen LogP contribution in [0.15, 0.2) is 24.4 Å². The molecule has 9 nitrogen and oxygen atoms in total. The molecule has 0 atom stereocenters. The van der Waals surface area contributed by atoms with E-state index in [-0.39, 0.29) is 25.8 Å². The van der Waals surface area contributed by atoms with Crippen LogP contribution in [0.3, 0.4) is 0 Å². The Hall–Kier alpha value is -2.97. The van der Waals surface area contributed by atoms with Crippen LogP contribution in [0.5, 0.6) is 0 Å². The van der Waals surface area contributed by atoms with Crippen molar-refractivity contribution in [3.63, 3.8) is 0 Å². The van der Waals surface area contributed by atoms with Crippen molar-refractivity contribution in [3.05, 3.63) is 30.1 Å². The van der Waals surface area contributed by atoms with Gasteiger partial charge in [-0.3, -0.25) is 15.2 Å². The average Bonchev–Trinajstić information content (AvgIpc) is 2.60. The van der Waals surface area contributed by atoms with Crippen molar-refractivity contribution in [1.29, 1.82) is 5.41 Å². The molecule has 1 aliphatic rings. The summed E-state index contributed by atoms with van der Waals surface area (Å²) in [6, 6.07) is 5.12. The molecule has 1 aliphatic heterocycles. The quantitative estimate of drug-likeness (QED) is 0.875. The van der Waals surface area contributed by atoms with E-state index in [0.29, 0.717) is 10.8 Å². The number of aromatic nitrogens is 1. The highest BCUT2D eigenvalue weighted by molar-refractivity contribution is 5.96. The molecule has 0 bridgehead atoms. The largest absolute Gasteiger partial charge is 0.338 e. The van der Waals surface area contributed by atoms with Gasteiger partial charge in [0.15, 0.2) is 0 Å². The highest BCUT2D eigenvalue weighted by Gasteiger charge is 2.31. The van der Waals surface area contributed by atoms with Crippen LogP contribution in [0.4, 0.5) is 0 Å². The van der Waals surface area contributed by atoms with E-state index in [0.717, 1.165) is 5.06 Å². The van der Waals surface area contributed by atoms with Crippen molar-refractivity contribution in [1.82, 2.24) is 15.1 Å². The number of guanidine groups is 1. The van der Waals surface area contributed by atoms with Gasteiger partial charge in [-0.1, -0.05) is 13.0 Å². The van der Waals surface area contributed by atoms with Gasteiger partial charge in [0.05, 0.1) is 18.5 Å². The fourth-order valence-electron chi connectivity index (χ4n) is 1.77. The highest BCUT2D eigenvalue weighted by atomic mass is 16.8. The lowest BCUT2D eigenvalue weighted by atomic mass is 10.3. The van der Waals surface area contributed by atoms with Crippen molar-refractivity contribution in [3.8, 4) is 0 Å². The fourth-order valence-corrected chi connectivity index (χ4v) is 1.77. The third-order valence-electron chi connectivity index (χ3n) is 2.93. The maximum absolute atomic E-state index is 11.9. The van der Waals surface area contributed by atoms with E-state index < -0.39 is 23.8 Å². The zero-order valence-corrected chi connectivity index (χ0v) is 12.5. The number of pyridine rings is 1. The van der Waals surface area contributed by atoms with Gasteiger partial charge in [-0.2, -0.15) is 5.06 Å². The summed E-state index contributed by atoms with van der Waals surface area (Å²) in [5, 5.41) is 9.45. The van der Waals surface area contributed by atoms with Crippen molar-refractivity contribution < 1.29 is 24.1 Å². The maximum Gasteiger partial charge on any atom is 0.333 e. The number of carbonyl (C=O) groups excluding carboxylic acids is 3. The molecule has 1 fully saturated rings. The third kappa shape index (κ3) is 4.25. The molecule has 0 spiro atoms. The molecular formula is C14H16N4O5. The lowest BCUT2D eigenvalue weighted by molar-refractivity contribution is -0.191. The van der Waals surface area contributed by atoms with Crippen LogP contribution in [-0.2, 0) is 30.6 Å². The van der Waals surface area contributed by atoms with E-state index in [1.807, 2.05) is 0 Å². The lowest BCUT2D eigenvalue weighted by Crippen LogP contribution is -2.47. The van der Waals surface area contributed by atoms with E-state index in [4.69, 9.17) is 15.1 Å². The first-order valence-corrected chi connectivity index (χ1v) is 7.01. The van der Waals surface area contributed by atoms with Gasteiger partial charge in [-0.25, -0.2) is 9.59 Å². The molecule has 2 rings (SSSR count). The van der Waals surface area contributed by atoms with E-state index in [9.17, 15) is 14.4 Å². The molecule has 0 aliphatic carbocycles. The van der Waals surface area contributed by atoms with Gasteiger partial charge in [0.1, 0.15) is 6.54 Å². The van der Waals surface area contributed by atoms with Crippen LogP contribution in [-0.4, -0.2) is 38.9 Å². The summed E-state index contributed by atoms with van der Waals surface area (Å²) in [6.07, 6.45) is 1.11. The van der Waals surface area contributed by atoms with Crippen LogP contribution in [0.25, 0.3) is 0 Å². The van der Waals surface area contributed by atoms with E-state index in [1.165, 1.54) is 0 Å². The van der Waals surface area contributed by atoms with Crippen LogP contribution < -0.4 is 0 Å². The molecule has 1 saturated heterocycles. The second-order valence-corrected chi connectivity index (χ2v) is 4.65. The molecule has 0 radical (unpaired) electrons. The number of hydrogen-bond donors (Lipinski definition) is 1. The zero-order chi connectivity index (χ0) is 16.8. The fraction of sp³-hybridized carbons (Fsp3) is 0.357. The van der Waals surface area contributed by atoms with Crippen molar-refractivity contribution in [2.24, 2.45) is 0 Å². The normalized spacial score (nSPS) is 16.1. The van der Waals surface area contributed by atoms with Gasteiger partial charge < -0.3 is 9.68 Å². The molecule has 122 valence electrons. The molecule has 23 heavy (non-hydrogen) atoms. The summed E-state index contributed by atoms with van der Waals surface area (Å²) in [4.78, 5) is 49.3. The van der Waals surface area contributed by atoms with Gasteiger partial charge in [0, 0.05) is 12.6 Å². The van der Waals surface area contributed by atoms with E-state index in [1.54, 1.807) is 31.3 Å². The topological polar surface area (TPSA) is 113 Å². The van der Waals surface area contributed by atoms with Crippen LogP contribution in [0, 0.1) is 5.41 Å². The van der Waals surface area contributed by atoms with E-state index in [2.05, 4.69) is 4.98 Å². The number of hydrogen-bond acceptors (Lipinski definition) is 7. The molecule has 2 heterocycles. The summed E-state index contributed by atoms with van der Waals surface area (Å²) < 4.78 is 0. The standard InChI is InChI=1S/C14H16N4O5/c1-2-11(19)18-14(15)17(9-10-5-3-4-8-16-10)22-12(20)6-7-13(21)23-18/h3-5,8,15H,2,6-7,9H2,1H3. The minimum absolute atomic E-state index is 0.0149. The van der Waals surface area contributed by atoms with Gasteiger partial charge in [-0.15, -0.1) is 5.06 Å². The summed E-state index contributed by atoms with van der Waals surface area (Å²) in [7, 11) is 0. The Labute approximate surface area is 132 Å². The number of nitrogens with zero attached hydrogens (tertiary/aromatic N) is 3. The lowest BCUT2D eigenvalue weighted by Gasteiger charge is -2.27. The Morgan fingerprint density at radius 1 is 1.26 bits per heavy atom. The molecule has 1 N–H and O–H groups in total. The smallest absolute Gasteiger partial charge is 0.333 e. The Kier molecular flexibility index (Phi) is 5.23. The molecule has 1 aromatic heterocycles. The van der Waals surface area contributed by atoms with Gasteiger partial charge in [0.2, 0.25) is 0 Å². The predicted molar refractivity (Wildman–Crippen MR) is 76.1 cm³/mol. The summed E-state index contributed by atoms with van der Waals surface area (Å²) in [5.41, 5.74) is 0.513. The summed E-state index contributed by atoms with van der Waals surface area (Å²) in [5.74, 6) is -2.65. The van der Waals surface area contributed by atoms with Crippen molar-refractivity contribution in [2.45, 2.75) is 32.7 Å². The van der Waals surface area contributed by atoms with E-state index >= 15 is 0 Å². The monoisotopic (exact) mass is 320 g/mol. The van der Waals surface area contributed by atoms with Crippen LogP contribution in [0.1, 0.15) is 31.9 Å². The highest BCUT2D eigenvalue weighted by Crippen LogP contribution is 2.13. The Morgan fingerprint density at radius 3 is 2.57 bits per heavy atom. The van der Waals surface area contributed by atoms with Crippen molar-refractivity contribution in [2.75, 3.05) is 0 Å². The number of nitrogens with one attached hydrogen (secondary N) is 1. The zero-order valence-electron chi connectivity index (χ0n) is 12.5. The summed E-state index contributed by atoms with van der Waals surface area (Å²) in [6.45, 7) is 1.50. The van der Waals surface area contributed by atoms with Crippen LogP contribution in [0.2, 0.25) is 0 Å². The predicted octanol–water partition coefficient (Wildman–Crippen LogP) is 0.767. The molecule has 0 unspecified atom stereocenters. The molecule has 1 aromatic rings. The number of rotatable bonds is 3. The van der Waals surface area contributed by atoms with Gasteiger partial charge in [0.25, 0.3) is 11.9 Å². The number of amides is 1. The Bertz CT molecular complexity index is 619. The molecule has 1 amide bonds. The van der Waals surface area contributed by atoms with Crippen molar-refractivity contribution >= 4 is 23.8 Å². The van der Waals surface area contributed by atoms with Gasteiger partial charge in [-0.05, 0) is 12.1 Å². The molecule has 9 heteroatoms. The Morgan fingerprint density at radius 2 is 1.96 bits per heavy atom. The second kappa shape index (κ2) is 7.34. The summed E-state index contributed by atoms with van der Waals surface area (Å²) >= 11 is 0. The SMILES string of the molecule is CCC(=O)N1OC(=O)CCC(=O)ON(Cc2ccccn2)C1=N. The number of hydroxylamine groups is 4. The Balaban J connectivity index is 2.28. The van der Waals surface area contributed by atoms with Crippen LogP contribution >= 0.6 is 0 Å². The average molecular weight is 320 g/mol. The first-order chi connectivity index (χ1) is 11.0. The minimum atomic E-state index is -0.784. The van der Waals surface area contributed by atoms with Gasteiger partial charge >= 0.3 is 11.9 Å². The second-order valence-electron chi connectivity index (χ2n) is 4.65. The minimum Gasteiger partial charge on any atom is -0.338 e. The molecular weight excluding hydrogens is 304 g/mol. The molecule has 0 aromatic carbocycles. The maximum atomic E-state index is 11.9. The third-order valence-corrected chi connectivity index (χ3v) is 2.93. The first-order valence-electron chi connectivity index (χ1n) is 7.01.